The number of carbonyl (C=O) groups is 3. The van der Waals surface area contributed by atoms with Crippen LogP contribution >= 0.6 is 0 Å². The summed E-state index contributed by atoms with van der Waals surface area (Å²) in [6, 6.07) is 11.2. The lowest BCUT2D eigenvalue weighted by Gasteiger charge is -2.34. The van der Waals surface area contributed by atoms with Gasteiger partial charge in [0.2, 0.25) is 24.5 Å². The predicted molar refractivity (Wildman–Crippen MR) is 130 cm³/mol. The fourth-order valence-electron chi connectivity index (χ4n) is 4.47. The number of fused-ring (bicyclic) bond motifs is 1. The van der Waals surface area contributed by atoms with Crippen LogP contribution in [-0.2, 0) is 20.9 Å². The summed E-state index contributed by atoms with van der Waals surface area (Å²) in [6.45, 7) is 0.616. The second kappa shape index (κ2) is 12.2. The van der Waals surface area contributed by atoms with Crippen LogP contribution < -0.4 is 20.1 Å². The second-order valence-corrected chi connectivity index (χ2v) is 8.89. The van der Waals surface area contributed by atoms with Gasteiger partial charge in [-0.3, -0.25) is 14.4 Å². The smallest absolute Gasteiger partial charge is 0.242 e. The summed E-state index contributed by atoms with van der Waals surface area (Å²) in [4.78, 5) is 43.4. The predicted octanol–water partition coefficient (Wildman–Crippen LogP) is 3.40. The third-order valence-electron chi connectivity index (χ3n) is 6.30. The summed E-state index contributed by atoms with van der Waals surface area (Å²) >= 11 is 0. The van der Waals surface area contributed by atoms with Crippen LogP contribution in [0.4, 0.5) is 5.82 Å². The standard InChI is InChI=1S/C26H32N4O5/c31-24(10-6-11-25(32)29-23-9-4-5-14-27-23)28-16-26(33)30(20-7-2-1-3-8-20)17-19-12-13-21-22(15-19)35-18-34-21/h4-5,9,12-15,20H,1-3,6-8,10-11,16-18H2,(H,28,31)(H,27,29,32). The lowest BCUT2D eigenvalue weighted by molar-refractivity contribution is -0.136. The number of nitrogens with zero attached hydrogens (tertiary/aromatic N) is 2. The van der Waals surface area contributed by atoms with Gasteiger partial charge < -0.3 is 25.0 Å². The van der Waals surface area contributed by atoms with Gasteiger partial charge in [0.05, 0.1) is 6.54 Å². The number of aromatic nitrogens is 1. The maximum absolute atomic E-state index is 13.2. The molecule has 1 aromatic heterocycles. The summed E-state index contributed by atoms with van der Waals surface area (Å²) in [6.07, 6.45) is 7.69. The Kier molecular flexibility index (Phi) is 8.53. The molecular formula is C26H32N4O5. The van der Waals surface area contributed by atoms with E-state index in [2.05, 4.69) is 15.6 Å². The molecule has 0 atom stereocenters. The molecule has 0 radical (unpaired) electrons. The van der Waals surface area contributed by atoms with Gasteiger partial charge in [-0.25, -0.2) is 4.98 Å². The highest BCUT2D eigenvalue weighted by Crippen LogP contribution is 2.33. The number of carbonyl (C=O) groups excluding carboxylic acids is 3. The molecule has 9 nitrogen and oxygen atoms in total. The number of anilines is 1. The molecule has 9 heteroatoms. The van der Waals surface area contributed by atoms with E-state index in [1.165, 1.54) is 6.42 Å². The highest BCUT2D eigenvalue weighted by molar-refractivity contribution is 5.90. The van der Waals surface area contributed by atoms with Crippen molar-refractivity contribution in [3.63, 3.8) is 0 Å². The Morgan fingerprint density at radius 3 is 2.57 bits per heavy atom. The van der Waals surface area contributed by atoms with Crippen molar-refractivity contribution in [1.82, 2.24) is 15.2 Å². The average molecular weight is 481 g/mol. The fourth-order valence-corrected chi connectivity index (χ4v) is 4.47. The molecule has 3 amide bonds. The van der Waals surface area contributed by atoms with E-state index in [0.29, 0.717) is 30.3 Å². The van der Waals surface area contributed by atoms with Crippen molar-refractivity contribution >= 4 is 23.5 Å². The van der Waals surface area contributed by atoms with Gasteiger partial charge in [0, 0.05) is 31.6 Å². The van der Waals surface area contributed by atoms with Gasteiger partial charge in [-0.05, 0) is 49.1 Å². The fraction of sp³-hybridized carbons (Fsp3) is 0.462. The average Bonchev–Trinajstić information content (AvgIpc) is 3.35. The van der Waals surface area contributed by atoms with Gasteiger partial charge in [0.15, 0.2) is 11.5 Å². The van der Waals surface area contributed by atoms with Crippen molar-refractivity contribution in [3.05, 3.63) is 48.2 Å². The minimum absolute atomic E-state index is 0.0555. The first-order chi connectivity index (χ1) is 17.1. The van der Waals surface area contributed by atoms with Crippen LogP contribution in [-0.4, -0.2) is 47.0 Å². The molecule has 186 valence electrons. The monoisotopic (exact) mass is 480 g/mol. The first-order valence-corrected chi connectivity index (χ1v) is 12.2. The highest BCUT2D eigenvalue weighted by Gasteiger charge is 2.26. The van der Waals surface area contributed by atoms with E-state index in [4.69, 9.17) is 9.47 Å². The Hall–Kier alpha value is -3.62. The minimum Gasteiger partial charge on any atom is -0.454 e. The molecule has 0 unspecified atom stereocenters. The number of nitrogens with one attached hydrogen (secondary N) is 2. The largest absolute Gasteiger partial charge is 0.454 e. The topological polar surface area (TPSA) is 110 Å². The zero-order valence-corrected chi connectivity index (χ0v) is 19.8. The molecule has 0 spiro atoms. The van der Waals surface area contributed by atoms with Crippen molar-refractivity contribution in [2.45, 2.75) is 64.0 Å². The Balaban J connectivity index is 1.25. The number of rotatable bonds is 10. The normalized spacial score (nSPS) is 14.9. The van der Waals surface area contributed by atoms with E-state index in [1.807, 2.05) is 23.1 Å². The summed E-state index contributed by atoms with van der Waals surface area (Å²) < 4.78 is 10.9. The maximum Gasteiger partial charge on any atom is 0.242 e. The van der Waals surface area contributed by atoms with E-state index in [0.717, 1.165) is 31.2 Å². The van der Waals surface area contributed by atoms with Crippen LogP contribution in [0.1, 0.15) is 56.9 Å². The minimum atomic E-state index is -0.240. The van der Waals surface area contributed by atoms with Crippen LogP contribution in [0, 0.1) is 0 Å². The number of hydrogen-bond acceptors (Lipinski definition) is 6. The third-order valence-corrected chi connectivity index (χ3v) is 6.30. The summed E-state index contributed by atoms with van der Waals surface area (Å²) in [7, 11) is 0. The van der Waals surface area contributed by atoms with Crippen molar-refractivity contribution in [3.8, 4) is 11.5 Å². The Morgan fingerprint density at radius 1 is 0.971 bits per heavy atom. The first-order valence-electron chi connectivity index (χ1n) is 12.2. The van der Waals surface area contributed by atoms with E-state index >= 15 is 0 Å². The second-order valence-electron chi connectivity index (χ2n) is 8.89. The van der Waals surface area contributed by atoms with Crippen LogP contribution in [0.2, 0.25) is 0 Å². The highest BCUT2D eigenvalue weighted by atomic mass is 16.7. The molecular weight excluding hydrogens is 448 g/mol. The number of pyridine rings is 1. The molecule has 1 aliphatic heterocycles. The lowest BCUT2D eigenvalue weighted by Crippen LogP contribution is -2.45. The van der Waals surface area contributed by atoms with E-state index in [-0.39, 0.29) is 49.9 Å². The van der Waals surface area contributed by atoms with E-state index < -0.39 is 0 Å². The molecule has 1 saturated carbocycles. The number of amides is 3. The number of hydrogen-bond donors (Lipinski definition) is 2. The van der Waals surface area contributed by atoms with E-state index in [1.54, 1.807) is 24.4 Å². The summed E-state index contributed by atoms with van der Waals surface area (Å²) in [5.41, 5.74) is 0.971. The molecule has 1 aliphatic carbocycles. The van der Waals surface area contributed by atoms with Crippen LogP contribution in [0.25, 0.3) is 0 Å². The molecule has 0 bridgehead atoms. The van der Waals surface area contributed by atoms with Crippen molar-refractivity contribution < 1.29 is 23.9 Å². The van der Waals surface area contributed by atoms with Crippen LogP contribution in [0.15, 0.2) is 42.6 Å². The Bertz CT molecular complexity index is 1020. The maximum atomic E-state index is 13.2. The Labute approximate surface area is 205 Å². The molecule has 35 heavy (non-hydrogen) atoms. The molecule has 1 fully saturated rings. The molecule has 0 saturated heterocycles. The summed E-state index contributed by atoms with van der Waals surface area (Å²) in [5, 5.41) is 5.43. The van der Waals surface area contributed by atoms with Gasteiger partial charge in [-0.2, -0.15) is 0 Å². The first kappa shape index (κ1) is 24.5. The molecule has 2 aliphatic rings. The van der Waals surface area contributed by atoms with E-state index in [9.17, 15) is 14.4 Å². The SMILES string of the molecule is O=C(CCCC(=O)Nc1ccccn1)NCC(=O)N(Cc1ccc2c(c1)OCO2)C1CCCCC1. The van der Waals surface area contributed by atoms with Crippen LogP contribution in [0.5, 0.6) is 11.5 Å². The van der Waals surface area contributed by atoms with Gasteiger partial charge in [0.1, 0.15) is 5.82 Å². The molecule has 2 aromatic rings. The van der Waals surface area contributed by atoms with Gasteiger partial charge in [0.25, 0.3) is 0 Å². The lowest BCUT2D eigenvalue weighted by atomic mass is 9.93. The number of ether oxygens (including phenoxy) is 2. The van der Waals surface area contributed by atoms with Crippen molar-refractivity contribution in [2.75, 3.05) is 18.7 Å². The van der Waals surface area contributed by atoms with Crippen molar-refractivity contribution in [1.29, 1.82) is 0 Å². The quantitative estimate of drug-likeness (QED) is 0.539. The zero-order chi connectivity index (χ0) is 24.5. The zero-order valence-electron chi connectivity index (χ0n) is 19.8. The molecule has 1 aromatic carbocycles. The Morgan fingerprint density at radius 2 is 1.77 bits per heavy atom. The molecule has 4 rings (SSSR count). The third kappa shape index (κ3) is 7.18. The molecule has 2 N–H and O–H groups in total. The summed E-state index contributed by atoms with van der Waals surface area (Å²) in [5.74, 6) is 1.35. The van der Waals surface area contributed by atoms with Gasteiger partial charge in [-0.15, -0.1) is 0 Å². The van der Waals surface area contributed by atoms with Crippen molar-refractivity contribution in [2.24, 2.45) is 0 Å². The van der Waals surface area contributed by atoms with Crippen LogP contribution in [0.3, 0.4) is 0 Å². The number of benzene rings is 1. The van der Waals surface area contributed by atoms with Gasteiger partial charge >= 0.3 is 0 Å². The molecule has 2 heterocycles. The van der Waals surface area contributed by atoms with Gasteiger partial charge in [-0.1, -0.05) is 31.4 Å².